The number of hydrogen-bond acceptors (Lipinski definition) is 6. The largest absolute Gasteiger partial charge is 0.497 e. The Morgan fingerprint density at radius 3 is 2.41 bits per heavy atom. The second-order valence-corrected chi connectivity index (χ2v) is 8.73. The molecule has 0 radical (unpaired) electrons. The molecule has 4 rings (SSSR count). The Morgan fingerprint density at radius 1 is 1.03 bits per heavy atom. The first kappa shape index (κ1) is 23.2. The Hall–Kier alpha value is -3.98. The highest BCUT2D eigenvalue weighted by Crippen LogP contribution is 2.22. The minimum absolute atomic E-state index is 0.0179. The highest BCUT2D eigenvalue weighted by atomic mass is 32.1. The molecule has 2 heterocycles. The molecule has 34 heavy (non-hydrogen) atoms. The lowest BCUT2D eigenvalue weighted by Gasteiger charge is -2.08. The van der Waals surface area contributed by atoms with Crippen molar-refractivity contribution in [2.24, 2.45) is 7.05 Å². The maximum atomic E-state index is 13.0. The first-order valence-corrected chi connectivity index (χ1v) is 11.4. The normalized spacial score (nSPS) is 10.9. The van der Waals surface area contributed by atoms with Gasteiger partial charge in [0.2, 0.25) is 0 Å². The Balaban J connectivity index is 1.54. The van der Waals surface area contributed by atoms with Crippen LogP contribution in [0.5, 0.6) is 5.75 Å². The van der Waals surface area contributed by atoms with Crippen LogP contribution in [-0.2, 0) is 20.1 Å². The molecule has 8 nitrogen and oxygen atoms in total. The van der Waals surface area contributed by atoms with Gasteiger partial charge < -0.3 is 10.1 Å². The summed E-state index contributed by atoms with van der Waals surface area (Å²) in [5.41, 5.74) is 0.391. The number of aromatic nitrogens is 2. The van der Waals surface area contributed by atoms with E-state index in [1.807, 2.05) is 30.3 Å². The van der Waals surface area contributed by atoms with Crippen LogP contribution < -0.4 is 21.3 Å². The molecule has 0 fully saturated rings. The minimum atomic E-state index is -0.523. The second kappa shape index (κ2) is 9.88. The zero-order valence-corrected chi connectivity index (χ0v) is 19.6. The Morgan fingerprint density at radius 2 is 1.74 bits per heavy atom. The van der Waals surface area contributed by atoms with Crippen molar-refractivity contribution in [2.75, 3.05) is 7.11 Å². The molecule has 0 aliphatic heterocycles. The van der Waals surface area contributed by atoms with Crippen molar-refractivity contribution in [3.05, 3.63) is 97.5 Å². The van der Waals surface area contributed by atoms with E-state index in [9.17, 15) is 19.2 Å². The number of carbonyl (C=O) groups is 2. The molecule has 1 N–H and O–H groups in total. The SMILES string of the molecule is COc1ccc(CNC(=O)c2cc3c(=O)n(CCC(=O)c4ccccc4)c(=O)n(C)c3s2)cc1. The number of nitrogens with zero attached hydrogens (tertiary/aromatic N) is 2. The number of thiophene rings is 1. The van der Waals surface area contributed by atoms with Crippen molar-refractivity contribution in [2.45, 2.75) is 19.5 Å². The van der Waals surface area contributed by atoms with Gasteiger partial charge in [-0.1, -0.05) is 42.5 Å². The van der Waals surface area contributed by atoms with Crippen LogP contribution in [0.3, 0.4) is 0 Å². The number of benzene rings is 2. The maximum Gasteiger partial charge on any atom is 0.331 e. The fourth-order valence-electron chi connectivity index (χ4n) is 3.59. The number of ketones is 1. The molecule has 0 unspecified atom stereocenters. The summed E-state index contributed by atoms with van der Waals surface area (Å²) >= 11 is 1.08. The summed E-state index contributed by atoms with van der Waals surface area (Å²) in [6.07, 6.45) is 0.0179. The number of carbonyl (C=O) groups excluding carboxylic acids is 2. The summed E-state index contributed by atoms with van der Waals surface area (Å²) in [7, 11) is 3.13. The molecule has 2 aromatic carbocycles. The van der Waals surface area contributed by atoms with Crippen LogP contribution >= 0.6 is 11.3 Å². The summed E-state index contributed by atoms with van der Waals surface area (Å²) in [6.45, 7) is 0.270. The average Bonchev–Trinajstić information content (AvgIpc) is 3.33. The van der Waals surface area contributed by atoms with Crippen LogP contribution in [-0.4, -0.2) is 27.9 Å². The topological polar surface area (TPSA) is 99.4 Å². The summed E-state index contributed by atoms with van der Waals surface area (Å²) < 4.78 is 7.52. The number of Topliss-reactive ketones (excluding diaryl/α,β-unsaturated/α-hetero) is 1. The predicted molar refractivity (Wildman–Crippen MR) is 131 cm³/mol. The fourth-order valence-corrected chi connectivity index (χ4v) is 4.61. The molecule has 174 valence electrons. The van der Waals surface area contributed by atoms with E-state index in [1.165, 1.54) is 10.6 Å². The van der Waals surface area contributed by atoms with Gasteiger partial charge in [-0.3, -0.25) is 23.5 Å². The Kier molecular flexibility index (Phi) is 6.74. The second-order valence-electron chi connectivity index (χ2n) is 7.70. The third-order valence-corrected chi connectivity index (χ3v) is 6.71. The van der Waals surface area contributed by atoms with Gasteiger partial charge in [0.15, 0.2) is 5.78 Å². The zero-order valence-electron chi connectivity index (χ0n) is 18.7. The average molecular weight is 478 g/mol. The lowest BCUT2D eigenvalue weighted by atomic mass is 10.1. The molecular weight excluding hydrogens is 454 g/mol. The van der Waals surface area contributed by atoms with Crippen LogP contribution in [0.4, 0.5) is 0 Å². The van der Waals surface area contributed by atoms with E-state index in [-0.39, 0.29) is 30.0 Å². The predicted octanol–water partition coefficient (Wildman–Crippen LogP) is 2.97. The number of fused-ring (bicyclic) bond motifs is 1. The molecule has 2 aromatic heterocycles. The first-order chi connectivity index (χ1) is 16.4. The van der Waals surface area contributed by atoms with E-state index in [0.717, 1.165) is 27.2 Å². The number of ether oxygens (including phenoxy) is 1. The van der Waals surface area contributed by atoms with Gasteiger partial charge in [0.1, 0.15) is 10.6 Å². The molecule has 1 amide bonds. The van der Waals surface area contributed by atoms with Crippen molar-refractivity contribution in [3.8, 4) is 5.75 Å². The number of hydrogen-bond donors (Lipinski definition) is 1. The molecule has 0 bridgehead atoms. The number of nitrogens with one attached hydrogen (secondary N) is 1. The number of aryl methyl sites for hydroxylation is 1. The first-order valence-electron chi connectivity index (χ1n) is 10.6. The third kappa shape index (κ3) is 4.69. The Labute approximate surface area is 199 Å². The summed E-state index contributed by atoms with van der Waals surface area (Å²) in [4.78, 5) is 51.7. The van der Waals surface area contributed by atoms with Gasteiger partial charge in [-0.25, -0.2) is 4.79 Å². The highest BCUT2D eigenvalue weighted by Gasteiger charge is 2.18. The minimum Gasteiger partial charge on any atom is -0.497 e. The van der Waals surface area contributed by atoms with Gasteiger partial charge in [-0.2, -0.15) is 0 Å². The van der Waals surface area contributed by atoms with Crippen LogP contribution in [0.15, 0.2) is 70.3 Å². The fraction of sp³-hybridized carbons (Fsp3) is 0.200. The number of methoxy groups -OCH3 is 1. The maximum absolute atomic E-state index is 13.0. The van der Waals surface area contributed by atoms with Crippen molar-refractivity contribution < 1.29 is 14.3 Å². The lowest BCUT2D eigenvalue weighted by Crippen LogP contribution is -2.39. The van der Waals surface area contributed by atoms with Crippen molar-refractivity contribution >= 4 is 33.2 Å². The molecule has 0 saturated carbocycles. The quantitative estimate of drug-likeness (QED) is 0.394. The van der Waals surface area contributed by atoms with Crippen LogP contribution in [0.2, 0.25) is 0 Å². The van der Waals surface area contributed by atoms with E-state index in [2.05, 4.69) is 5.32 Å². The van der Waals surface area contributed by atoms with E-state index < -0.39 is 11.2 Å². The smallest absolute Gasteiger partial charge is 0.331 e. The van der Waals surface area contributed by atoms with Crippen molar-refractivity contribution in [1.82, 2.24) is 14.5 Å². The van der Waals surface area contributed by atoms with Gasteiger partial charge in [-0.15, -0.1) is 11.3 Å². The summed E-state index contributed by atoms with van der Waals surface area (Å²) in [5.74, 6) is 0.232. The van der Waals surface area contributed by atoms with Crippen molar-refractivity contribution in [3.63, 3.8) is 0 Å². The lowest BCUT2D eigenvalue weighted by molar-refractivity contribution is 0.0952. The summed E-state index contributed by atoms with van der Waals surface area (Å²) in [5, 5.41) is 3.10. The monoisotopic (exact) mass is 477 g/mol. The van der Waals surface area contributed by atoms with Crippen LogP contribution in [0, 0.1) is 0 Å². The zero-order chi connectivity index (χ0) is 24.2. The van der Waals surface area contributed by atoms with Gasteiger partial charge in [0.05, 0.1) is 17.4 Å². The van der Waals surface area contributed by atoms with Crippen molar-refractivity contribution in [1.29, 1.82) is 0 Å². The van der Waals surface area contributed by atoms with E-state index in [0.29, 0.717) is 21.8 Å². The molecule has 0 spiro atoms. The summed E-state index contributed by atoms with van der Waals surface area (Å²) in [6, 6.07) is 17.5. The van der Waals surface area contributed by atoms with E-state index >= 15 is 0 Å². The number of amides is 1. The molecular formula is C25H23N3O5S. The van der Waals surface area contributed by atoms with Gasteiger partial charge in [0, 0.05) is 32.1 Å². The van der Waals surface area contributed by atoms with E-state index in [1.54, 1.807) is 38.4 Å². The molecule has 0 aliphatic carbocycles. The Bertz CT molecular complexity index is 1470. The van der Waals surface area contributed by atoms with Crippen LogP contribution in [0.1, 0.15) is 32.0 Å². The molecule has 4 aromatic rings. The standard InChI is InChI=1S/C25H23N3O5S/c1-27-24-19(14-21(34-24)22(30)26-15-16-8-10-18(33-2)11-9-16)23(31)28(25(27)32)13-12-20(29)17-6-4-3-5-7-17/h3-11,14H,12-13,15H2,1-2H3,(H,26,30). The van der Waals surface area contributed by atoms with Gasteiger partial charge in [0.25, 0.3) is 11.5 Å². The molecule has 0 saturated heterocycles. The third-order valence-electron chi connectivity index (χ3n) is 5.50. The van der Waals surface area contributed by atoms with Gasteiger partial charge in [-0.05, 0) is 23.8 Å². The van der Waals surface area contributed by atoms with E-state index in [4.69, 9.17) is 4.74 Å². The molecule has 9 heteroatoms. The molecule has 0 aliphatic rings. The van der Waals surface area contributed by atoms with Gasteiger partial charge >= 0.3 is 5.69 Å². The molecule has 0 atom stereocenters. The number of rotatable bonds is 8. The highest BCUT2D eigenvalue weighted by molar-refractivity contribution is 7.20. The van der Waals surface area contributed by atoms with Crippen LogP contribution in [0.25, 0.3) is 10.2 Å².